The summed E-state index contributed by atoms with van der Waals surface area (Å²) in [5.41, 5.74) is 2.23. The third-order valence-corrected chi connectivity index (χ3v) is 4.96. The van der Waals surface area contributed by atoms with Crippen molar-refractivity contribution < 1.29 is 23.9 Å². The van der Waals surface area contributed by atoms with Crippen molar-refractivity contribution in [1.82, 2.24) is 0 Å². The maximum absolute atomic E-state index is 12.6. The average Bonchev–Trinajstić information content (AvgIpc) is 3.09. The molecular weight excluding hydrogens is 426 g/mol. The SMILES string of the molecule is CC(=O)N1CCc2cc(C(=O)C(C)OC(=O)COc3cccc(Br)c3)ccc21. The second-order valence-corrected chi connectivity index (χ2v) is 7.42. The molecule has 2 aromatic rings. The van der Waals surface area contributed by atoms with Crippen molar-refractivity contribution in [1.29, 1.82) is 0 Å². The van der Waals surface area contributed by atoms with Gasteiger partial charge in [0.15, 0.2) is 12.7 Å². The fourth-order valence-electron chi connectivity index (χ4n) is 3.10. The van der Waals surface area contributed by atoms with Gasteiger partial charge in [-0.15, -0.1) is 0 Å². The summed E-state index contributed by atoms with van der Waals surface area (Å²) in [5, 5.41) is 0. The zero-order valence-electron chi connectivity index (χ0n) is 15.6. The number of halogens is 1. The molecule has 0 aliphatic carbocycles. The number of nitrogens with zero attached hydrogens (tertiary/aromatic N) is 1. The lowest BCUT2D eigenvalue weighted by molar-refractivity contribution is -0.148. The first kappa shape index (κ1) is 20.1. The molecule has 2 aromatic carbocycles. The highest BCUT2D eigenvalue weighted by Crippen LogP contribution is 2.29. The van der Waals surface area contributed by atoms with Crippen molar-refractivity contribution in [3.63, 3.8) is 0 Å². The number of rotatable bonds is 6. The molecule has 7 heteroatoms. The Morgan fingerprint density at radius 1 is 1.18 bits per heavy atom. The molecule has 1 heterocycles. The van der Waals surface area contributed by atoms with E-state index in [1.807, 2.05) is 6.07 Å². The molecule has 1 amide bonds. The van der Waals surface area contributed by atoms with Crippen LogP contribution in [0.4, 0.5) is 5.69 Å². The summed E-state index contributed by atoms with van der Waals surface area (Å²) in [6.45, 7) is 3.38. The molecule has 6 nitrogen and oxygen atoms in total. The van der Waals surface area contributed by atoms with Crippen LogP contribution in [0.5, 0.6) is 5.75 Å². The normalized spacial score (nSPS) is 13.6. The van der Waals surface area contributed by atoms with Gasteiger partial charge in [0.2, 0.25) is 11.7 Å². The molecular formula is C21H20BrNO5. The van der Waals surface area contributed by atoms with E-state index in [0.29, 0.717) is 24.3 Å². The van der Waals surface area contributed by atoms with Crippen molar-refractivity contribution in [2.24, 2.45) is 0 Å². The zero-order valence-corrected chi connectivity index (χ0v) is 17.2. The molecule has 0 fully saturated rings. The second kappa shape index (κ2) is 8.56. The van der Waals surface area contributed by atoms with Gasteiger partial charge in [0, 0.05) is 29.2 Å². The van der Waals surface area contributed by atoms with E-state index in [1.165, 1.54) is 13.8 Å². The third-order valence-electron chi connectivity index (χ3n) is 4.47. The van der Waals surface area contributed by atoms with Crippen LogP contribution in [0.2, 0.25) is 0 Å². The number of benzene rings is 2. The summed E-state index contributed by atoms with van der Waals surface area (Å²) in [6.07, 6.45) is -0.230. The summed E-state index contributed by atoms with van der Waals surface area (Å²) in [7, 11) is 0. The molecule has 0 spiro atoms. The smallest absolute Gasteiger partial charge is 0.344 e. The molecule has 1 aliphatic rings. The summed E-state index contributed by atoms with van der Waals surface area (Å²) in [6, 6.07) is 12.3. The number of Topliss-reactive ketones (excluding diaryl/α,β-unsaturated/α-hetero) is 1. The Bertz CT molecular complexity index is 927. The quantitative estimate of drug-likeness (QED) is 0.502. The minimum Gasteiger partial charge on any atom is -0.482 e. The number of hydrogen-bond donors (Lipinski definition) is 0. The molecule has 1 aliphatic heterocycles. The number of ketones is 1. The minimum atomic E-state index is -0.929. The molecule has 0 saturated heterocycles. The summed E-state index contributed by atoms with van der Waals surface area (Å²) < 4.78 is 11.4. The van der Waals surface area contributed by atoms with Crippen molar-refractivity contribution >= 4 is 39.3 Å². The highest BCUT2D eigenvalue weighted by Gasteiger charge is 2.25. The van der Waals surface area contributed by atoms with Crippen LogP contribution in [-0.2, 0) is 20.7 Å². The van der Waals surface area contributed by atoms with E-state index in [-0.39, 0.29) is 18.3 Å². The van der Waals surface area contributed by atoms with E-state index >= 15 is 0 Å². The van der Waals surface area contributed by atoms with Crippen LogP contribution in [-0.4, -0.2) is 36.9 Å². The van der Waals surface area contributed by atoms with E-state index in [1.54, 1.807) is 41.3 Å². The second-order valence-electron chi connectivity index (χ2n) is 6.51. The van der Waals surface area contributed by atoms with E-state index < -0.39 is 12.1 Å². The van der Waals surface area contributed by atoms with Crippen molar-refractivity contribution in [2.45, 2.75) is 26.4 Å². The van der Waals surface area contributed by atoms with Gasteiger partial charge in [-0.3, -0.25) is 9.59 Å². The highest BCUT2D eigenvalue weighted by molar-refractivity contribution is 9.10. The lowest BCUT2D eigenvalue weighted by atomic mass is 10.0. The lowest BCUT2D eigenvalue weighted by Gasteiger charge is -2.16. The number of ether oxygens (including phenoxy) is 2. The largest absolute Gasteiger partial charge is 0.482 e. The number of carbonyl (C=O) groups is 3. The minimum absolute atomic E-state index is 0.0226. The first-order chi connectivity index (χ1) is 13.3. The van der Waals surface area contributed by atoms with Gasteiger partial charge in [-0.25, -0.2) is 4.79 Å². The lowest BCUT2D eigenvalue weighted by Crippen LogP contribution is -2.27. The number of hydrogen-bond acceptors (Lipinski definition) is 5. The number of carbonyl (C=O) groups excluding carboxylic acids is 3. The molecule has 28 heavy (non-hydrogen) atoms. The highest BCUT2D eigenvalue weighted by atomic mass is 79.9. The first-order valence-electron chi connectivity index (χ1n) is 8.88. The van der Waals surface area contributed by atoms with Crippen molar-refractivity contribution in [3.8, 4) is 5.75 Å². The molecule has 0 radical (unpaired) electrons. The van der Waals surface area contributed by atoms with Crippen LogP contribution >= 0.6 is 15.9 Å². The number of anilines is 1. The molecule has 146 valence electrons. The van der Waals surface area contributed by atoms with E-state index in [0.717, 1.165) is 15.7 Å². The first-order valence-corrected chi connectivity index (χ1v) is 9.67. The standard InChI is InChI=1S/C21H20BrNO5/c1-13(28-20(25)12-27-18-5-3-4-17(22)11-18)21(26)16-6-7-19-15(10-16)8-9-23(19)14(2)24/h3-7,10-11,13H,8-9,12H2,1-2H3. The fourth-order valence-corrected chi connectivity index (χ4v) is 3.48. The predicted octanol–water partition coefficient (Wildman–Crippen LogP) is 3.55. The van der Waals surface area contributed by atoms with Gasteiger partial charge >= 0.3 is 5.97 Å². The third kappa shape index (κ3) is 4.59. The van der Waals surface area contributed by atoms with Gasteiger partial charge < -0.3 is 14.4 Å². The molecule has 0 bridgehead atoms. The average molecular weight is 446 g/mol. The van der Waals surface area contributed by atoms with Gasteiger partial charge in [-0.1, -0.05) is 22.0 Å². The molecule has 1 unspecified atom stereocenters. The molecule has 3 rings (SSSR count). The number of fused-ring (bicyclic) bond motifs is 1. The van der Waals surface area contributed by atoms with Gasteiger partial charge in [-0.2, -0.15) is 0 Å². The Balaban J connectivity index is 1.58. The van der Waals surface area contributed by atoms with Crippen molar-refractivity contribution in [3.05, 3.63) is 58.1 Å². The van der Waals surface area contributed by atoms with Crippen LogP contribution in [0.3, 0.4) is 0 Å². The van der Waals surface area contributed by atoms with Gasteiger partial charge in [0.25, 0.3) is 0 Å². The fraction of sp³-hybridized carbons (Fsp3) is 0.286. The summed E-state index contributed by atoms with van der Waals surface area (Å²) >= 11 is 3.32. The Morgan fingerprint density at radius 3 is 2.68 bits per heavy atom. The number of amides is 1. The van der Waals surface area contributed by atoms with E-state index in [2.05, 4.69) is 15.9 Å². The van der Waals surface area contributed by atoms with Gasteiger partial charge in [0.1, 0.15) is 5.75 Å². The molecule has 0 saturated carbocycles. The Hall–Kier alpha value is -2.67. The Labute approximate surface area is 171 Å². The van der Waals surface area contributed by atoms with Crippen LogP contribution < -0.4 is 9.64 Å². The van der Waals surface area contributed by atoms with Crippen LogP contribution in [0.15, 0.2) is 46.9 Å². The summed E-state index contributed by atoms with van der Waals surface area (Å²) in [4.78, 5) is 37.9. The topological polar surface area (TPSA) is 72.9 Å². The van der Waals surface area contributed by atoms with Crippen molar-refractivity contribution in [2.75, 3.05) is 18.1 Å². The monoisotopic (exact) mass is 445 g/mol. The Morgan fingerprint density at radius 2 is 1.96 bits per heavy atom. The zero-order chi connectivity index (χ0) is 20.3. The molecule has 0 aromatic heterocycles. The Kier molecular flexibility index (Phi) is 6.14. The van der Waals surface area contributed by atoms with Crippen LogP contribution in [0.25, 0.3) is 0 Å². The maximum Gasteiger partial charge on any atom is 0.344 e. The van der Waals surface area contributed by atoms with E-state index in [9.17, 15) is 14.4 Å². The predicted molar refractivity (Wildman–Crippen MR) is 108 cm³/mol. The van der Waals surface area contributed by atoms with Gasteiger partial charge in [-0.05, 0) is 55.3 Å². The maximum atomic E-state index is 12.6. The number of esters is 1. The van der Waals surface area contributed by atoms with Crippen LogP contribution in [0, 0.1) is 0 Å². The van der Waals surface area contributed by atoms with Crippen LogP contribution in [0.1, 0.15) is 29.8 Å². The summed E-state index contributed by atoms with van der Waals surface area (Å²) in [5.74, 6) is -0.408. The van der Waals surface area contributed by atoms with E-state index in [4.69, 9.17) is 9.47 Å². The molecule has 1 atom stereocenters. The van der Waals surface area contributed by atoms with Gasteiger partial charge in [0.05, 0.1) is 0 Å². The molecule has 0 N–H and O–H groups in total.